The fourth-order valence-corrected chi connectivity index (χ4v) is 1.29. The molecule has 2 rings (SSSR count). The molecule has 0 bridgehead atoms. The molecule has 1 heterocycles. The molecule has 78 valence electrons. The van der Waals surface area contributed by atoms with E-state index in [1.54, 1.807) is 18.3 Å². The van der Waals surface area contributed by atoms with Crippen molar-refractivity contribution in [3.63, 3.8) is 0 Å². The van der Waals surface area contributed by atoms with Gasteiger partial charge in [0.1, 0.15) is 5.82 Å². The standard InChI is InChI=1S/C11H12FN3/c1-8-6-13-11(15-8)14-7-9-2-4-10(12)5-3-9/h2-6H,7H2,1H3,(H2,13,14,15). The van der Waals surface area contributed by atoms with Gasteiger partial charge in [0.25, 0.3) is 0 Å². The molecule has 0 spiro atoms. The van der Waals surface area contributed by atoms with Gasteiger partial charge < -0.3 is 10.3 Å². The summed E-state index contributed by atoms with van der Waals surface area (Å²) in [6.07, 6.45) is 1.76. The number of benzene rings is 1. The summed E-state index contributed by atoms with van der Waals surface area (Å²) >= 11 is 0. The summed E-state index contributed by atoms with van der Waals surface area (Å²) in [5, 5.41) is 3.11. The van der Waals surface area contributed by atoms with Gasteiger partial charge >= 0.3 is 0 Å². The molecule has 2 aromatic rings. The first-order valence-corrected chi connectivity index (χ1v) is 4.74. The number of hydrogen-bond donors (Lipinski definition) is 2. The molecule has 1 aromatic heterocycles. The average Bonchev–Trinajstić information content (AvgIpc) is 2.64. The van der Waals surface area contributed by atoms with Crippen LogP contribution in [0, 0.1) is 12.7 Å². The van der Waals surface area contributed by atoms with E-state index in [1.807, 2.05) is 6.92 Å². The number of imidazole rings is 1. The maximum atomic E-state index is 12.6. The van der Waals surface area contributed by atoms with E-state index in [2.05, 4.69) is 15.3 Å². The van der Waals surface area contributed by atoms with Crippen LogP contribution in [0.4, 0.5) is 10.3 Å². The van der Waals surface area contributed by atoms with Crippen LogP contribution in [-0.4, -0.2) is 9.97 Å². The minimum Gasteiger partial charge on any atom is -0.352 e. The Bertz CT molecular complexity index is 433. The predicted octanol–water partition coefficient (Wildman–Crippen LogP) is 2.47. The van der Waals surface area contributed by atoms with Crippen molar-refractivity contribution in [2.24, 2.45) is 0 Å². The van der Waals surface area contributed by atoms with Gasteiger partial charge in [0, 0.05) is 18.4 Å². The summed E-state index contributed by atoms with van der Waals surface area (Å²) in [6, 6.07) is 6.39. The zero-order valence-electron chi connectivity index (χ0n) is 8.42. The number of rotatable bonds is 3. The van der Waals surface area contributed by atoms with Crippen LogP contribution in [0.2, 0.25) is 0 Å². The molecule has 0 atom stereocenters. The fraction of sp³-hybridized carbons (Fsp3) is 0.182. The van der Waals surface area contributed by atoms with Gasteiger partial charge in [-0.25, -0.2) is 9.37 Å². The van der Waals surface area contributed by atoms with Crippen molar-refractivity contribution in [2.75, 3.05) is 5.32 Å². The first-order valence-electron chi connectivity index (χ1n) is 4.74. The molecule has 0 saturated heterocycles. The van der Waals surface area contributed by atoms with E-state index in [4.69, 9.17) is 0 Å². The van der Waals surface area contributed by atoms with Gasteiger partial charge in [-0.15, -0.1) is 0 Å². The third-order valence-corrected chi connectivity index (χ3v) is 2.08. The number of aryl methyl sites for hydroxylation is 1. The van der Waals surface area contributed by atoms with Crippen LogP contribution >= 0.6 is 0 Å². The number of nitrogens with one attached hydrogen (secondary N) is 2. The molecule has 0 aliphatic carbocycles. The Kier molecular flexibility index (Phi) is 2.67. The Morgan fingerprint density at radius 2 is 2.07 bits per heavy atom. The maximum absolute atomic E-state index is 12.6. The maximum Gasteiger partial charge on any atom is 0.200 e. The molecule has 0 saturated carbocycles. The van der Waals surface area contributed by atoms with Crippen molar-refractivity contribution in [1.29, 1.82) is 0 Å². The monoisotopic (exact) mass is 205 g/mol. The quantitative estimate of drug-likeness (QED) is 0.808. The smallest absolute Gasteiger partial charge is 0.200 e. The van der Waals surface area contributed by atoms with Crippen molar-refractivity contribution in [1.82, 2.24) is 9.97 Å². The summed E-state index contributed by atoms with van der Waals surface area (Å²) in [5.41, 5.74) is 2.03. The second-order valence-corrected chi connectivity index (χ2v) is 3.39. The van der Waals surface area contributed by atoms with Crippen LogP contribution < -0.4 is 5.32 Å². The number of H-pyrrole nitrogens is 1. The van der Waals surface area contributed by atoms with Crippen LogP contribution in [0.15, 0.2) is 30.5 Å². The topological polar surface area (TPSA) is 40.7 Å². The van der Waals surface area contributed by atoms with E-state index in [0.29, 0.717) is 6.54 Å². The molecule has 2 N–H and O–H groups in total. The van der Waals surface area contributed by atoms with E-state index < -0.39 is 0 Å². The fourth-order valence-electron chi connectivity index (χ4n) is 1.29. The van der Waals surface area contributed by atoms with Gasteiger partial charge in [0.05, 0.1) is 0 Å². The lowest BCUT2D eigenvalue weighted by Crippen LogP contribution is -2.00. The Hall–Kier alpha value is -1.84. The van der Waals surface area contributed by atoms with Crippen LogP contribution in [0.5, 0.6) is 0 Å². The number of anilines is 1. The molecule has 0 aliphatic rings. The van der Waals surface area contributed by atoms with Crippen molar-refractivity contribution in [3.8, 4) is 0 Å². The normalized spacial score (nSPS) is 10.3. The molecule has 0 aliphatic heterocycles. The van der Waals surface area contributed by atoms with Crippen LogP contribution in [-0.2, 0) is 6.54 Å². The lowest BCUT2D eigenvalue weighted by molar-refractivity contribution is 0.627. The Labute approximate surface area is 87.4 Å². The average molecular weight is 205 g/mol. The molecule has 0 radical (unpaired) electrons. The van der Waals surface area contributed by atoms with Gasteiger partial charge in [0.2, 0.25) is 5.95 Å². The van der Waals surface area contributed by atoms with Crippen LogP contribution in [0.3, 0.4) is 0 Å². The van der Waals surface area contributed by atoms with Gasteiger partial charge in [-0.1, -0.05) is 12.1 Å². The summed E-state index contributed by atoms with van der Waals surface area (Å²) in [7, 11) is 0. The second-order valence-electron chi connectivity index (χ2n) is 3.39. The second kappa shape index (κ2) is 4.13. The van der Waals surface area contributed by atoms with Gasteiger partial charge in [-0.3, -0.25) is 0 Å². The van der Waals surface area contributed by atoms with E-state index in [9.17, 15) is 4.39 Å². The van der Waals surface area contributed by atoms with E-state index >= 15 is 0 Å². The first kappa shape index (κ1) is 9.71. The molecule has 4 heteroatoms. The Morgan fingerprint density at radius 1 is 1.33 bits per heavy atom. The largest absolute Gasteiger partial charge is 0.352 e. The minimum atomic E-state index is -0.215. The third kappa shape index (κ3) is 2.56. The number of hydrogen-bond acceptors (Lipinski definition) is 2. The van der Waals surface area contributed by atoms with Crippen LogP contribution in [0.1, 0.15) is 11.3 Å². The molecule has 0 unspecified atom stereocenters. The SMILES string of the molecule is Cc1cnc(NCc2ccc(F)cc2)[nH]1. The number of halogens is 1. The summed E-state index contributed by atoms with van der Waals surface area (Å²) < 4.78 is 12.6. The van der Waals surface area contributed by atoms with Crippen molar-refractivity contribution in [3.05, 3.63) is 47.5 Å². The zero-order valence-corrected chi connectivity index (χ0v) is 8.42. The number of aromatic nitrogens is 2. The van der Waals surface area contributed by atoms with E-state index in [-0.39, 0.29) is 5.82 Å². The lowest BCUT2D eigenvalue weighted by Gasteiger charge is -2.02. The predicted molar refractivity (Wildman–Crippen MR) is 57.1 cm³/mol. The van der Waals surface area contributed by atoms with E-state index in [0.717, 1.165) is 17.2 Å². The summed E-state index contributed by atoms with van der Waals surface area (Å²) in [6.45, 7) is 2.57. The van der Waals surface area contributed by atoms with E-state index in [1.165, 1.54) is 12.1 Å². The molecule has 0 fully saturated rings. The minimum absolute atomic E-state index is 0.215. The van der Waals surface area contributed by atoms with Crippen molar-refractivity contribution < 1.29 is 4.39 Å². The van der Waals surface area contributed by atoms with Gasteiger partial charge in [-0.05, 0) is 24.6 Å². The molecule has 0 amide bonds. The summed E-state index contributed by atoms with van der Waals surface area (Å²) in [5.74, 6) is 0.518. The highest BCUT2D eigenvalue weighted by molar-refractivity contribution is 5.28. The molecule has 1 aromatic carbocycles. The lowest BCUT2D eigenvalue weighted by atomic mass is 10.2. The highest BCUT2D eigenvalue weighted by Crippen LogP contribution is 2.06. The van der Waals surface area contributed by atoms with Gasteiger partial charge in [-0.2, -0.15) is 0 Å². The zero-order chi connectivity index (χ0) is 10.7. The number of aromatic amines is 1. The number of nitrogens with zero attached hydrogens (tertiary/aromatic N) is 1. The van der Waals surface area contributed by atoms with Crippen molar-refractivity contribution in [2.45, 2.75) is 13.5 Å². The van der Waals surface area contributed by atoms with Gasteiger partial charge in [0.15, 0.2) is 0 Å². The molecule has 3 nitrogen and oxygen atoms in total. The Morgan fingerprint density at radius 3 is 2.67 bits per heavy atom. The van der Waals surface area contributed by atoms with Crippen LogP contribution in [0.25, 0.3) is 0 Å². The highest BCUT2D eigenvalue weighted by atomic mass is 19.1. The van der Waals surface area contributed by atoms with Crippen molar-refractivity contribution >= 4 is 5.95 Å². The molecule has 15 heavy (non-hydrogen) atoms. The Balaban J connectivity index is 1.96. The third-order valence-electron chi connectivity index (χ3n) is 2.08. The summed E-state index contributed by atoms with van der Waals surface area (Å²) in [4.78, 5) is 7.17. The molecular weight excluding hydrogens is 193 g/mol. The highest BCUT2D eigenvalue weighted by Gasteiger charge is 1.97. The first-order chi connectivity index (χ1) is 7.24. The molecular formula is C11H12FN3.